The largest absolute Gasteiger partial charge is 0.345 e. The Bertz CT molecular complexity index is 1930. The van der Waals surface area contributed by atoms with Crippen LogP contribution in [0.4, 0.5) is 4.39 Å². The Balaban J connectivity index is 1.51. The lowest BCUT2D eigenvalue weighted by molar-refractivity contribution is -0.130. The highest BCUT2D eigenvalue weighted by atomic mass is 19.1. The topological polar surface area (TPSA) is 138 Å². The maximum atomic E-state index is 13.9. The van der Waals surface area contributed by atoms with Gasteiger partial charge in [-0.2, -0.15) is 10.4 Å². The lowest BCUT2D eigenvalue weighted by Gasteiger charge is -2.37. The Kier molecular flexibility index (Phi) is 10.0. The van der Waals surface area contributed by atoms with Crippen molar-refractivity contribution in [3.8, 4) is 17.5 Å². The third kappa shape index (κ3) is 6.86. The van der Waals surface area contributed by atoms with E-state index in [4.69, 9.17) is 4.98 Å². The molecule has 2 atom stereocenters. The van der Waals surface area contributed by atoms with Crippen molar-refractivity contribution in [2.45, 2.75) is 56.5 Å². The fraction of sp³-hybridized carbons (Fsp3) is 0.385. The monoisotopic (exact) mass is 690 g/mol. The summed E-state index contributed by atoms with van der Waals surface area (Å²) in [6.45, 7) is 2.62. The van der Waals surface area contributed by atoms with Crippen LogP contribution in [0.1, 0.15) is 75.0 Å². The zero-order valence-corrected chi connectivity index (χ0v) is 29.7. The number of halogens is 1. The van der Waals surface area contributed by atoms with E-state index in [-0.39, 0.29) is 36.1 Å². The molecule has 6 rings (SSSR count). The van der Waals surface area contributed by atoms with E-state index in [0.29, 0.717) is 60.6 Å². The van der Waals surface area contributed by atoms with Gasteiger partial charge in [0.05, 0.1) is 18.0 Å². The predicted molar refractivity (Wildman–Crippen MR) is 190 cm³/mol. The summed E-state index contributed by atoms with van der Waals surface area (Å²) in [5.74, 6) is 0.199. The van der Waals surface area contributed by atoms with Crippen molar-refractivity contribution in [1.29, 1.82) is 5.26 Å². The number of rotatable bonds is 9. The average Bonchev–Trinajstić information content (AvgIpc) is 3.80. The first kappa shape index (κ1) is 35.4. The van der Waals surface area contributed by atoms with Gasteiger partial charge in [0.15, 0.2) is 5.82 Å². The molecule has 51 heavy (non-hydrogen) atoms. The van der Waals surface area contributed by atoms with Crippen LogP contribution in [-0.4, -0.2) is 101 Å². The van der Waals surface area contributed by atoms with Crippen LogP contribution >= 0.6 is 0 Å². The van der Waals surface area contributed by atoms with E-state index < -0.39 is 11.5 Å². The molecule has 11 nitrogen and oxygen atoms in total. The fourth-order valence-electron chi connectivity index (χ4n) is 7.48. The molecule has 0 radical (unpaired) electrons. The minimum absolute atomic E-state index is 0.0545. The summed E-state index contributed by atoms with van der Waals surface area (Å²) in [7, 11) is 6.88. The quantitative estimate of drug-likeness (QED) is 0.267. The van der Waals surface area contributed by atoms with Crippen LogP contribution in [0.2, 0.25) is 0 Å². The molecular formula is C39H43FN8O3. The van der Waals surface area contributed by atoms with Crippen molar-refractivity contribution < 1.29 is 18.8 Å². The van der Waals surface area contributed by atoms with Gasteiger partial charge < -0.3 is 20.0 Å². The lowest BCUT2D eigenvalue weighted by atomic mass is 9.67. The first-order valence-corrected chi connectivity index (χ1v) is 17.2. The van der Waals surface area contributed by atoms with Gasteiger partial charge in [0.1, 0.15) is 17.7 Å². The Morgan fingerprint density at radius 3 is 2.12 bits per heavy atom. The van der Waals surface area contributed by atoms with Crippen LogP contribution in [0.3, 0.4) is 0 Å². The maximum Gasteiger partial charge on any atom is 0.253 e. The van der Waals surface area contributed by atoms with Gasteiger partial charge >= 0.3 is 0 Å². The number of benzene rings is 3. The van der Waals surface area contributed by atoms with Gasteiger partial charge in [-0.15, -0.1) is 0 Å². The summed E-state index contributed by atoms with van der Waals surface area (Å²) >= 11 is 0. The number of hydrogen-bond acceptors (Lipinski definition) is 7. The van der Waals surface area contributed by atoms with Crippen LogP contribution in [-0.2, 0) is 23.1 Å². The van der Waals surface area contributed by atoms with Gasteiger partial charge in [-0.3, -0.25) is 19.5 Å². The van der Waals surface area contributed by atoms with Crippen molar-refractivity contribution in [1.82, 2.24) is 35.2 Å². The number of carbonyl (C=O) groups is 3. The summed E-state index contributed by atoms with van der Waals surface area (Å²) in [4.78, 5) is 49.5. The molecule has 4 aromatic rings. The van der Waals surface area contributed by atoms with Crippen LogP contribution in [0.25, 0.3) is 11.4 Å². The number of nitrogens with one attached hydrogen (secondary N) is 2. The van der Waals surface area contributed by atoms with Crippen molar-refractivity contribution in [2.24, 2.45) is 0 Å². The molecule has 2 aliphatic rings. The van der Waals surface area contributed by atoms with E-state index in [0.717, 1.165) is 28.7 Å². The van der Waals surface area contributed by atoms with E-state index in [2.05, 4.69) is 21.6 Å². The minimum Gasteiger partial charge on any atom is -0.345 e. The van der Waals surface area contributed by atoms with Crippen molar-refractivity contribution in [2.75, 3.05) is 41.3 Å². The van der Waals surface area contributed by atoms with Crippen LogP contribution in [0, 0.1) is 17.1 Å². The summed E-state index contributed by atoms with van der Waals surface area (Å²) in [6.07, 6.45) is 3.09. The summed E-state index contributed by atoms with van der Waals surface area (Å²) in [6, 6.07) is 19.1. The van der Waals surface area contributed by atoms with Gasteiger partial charge in [-0.25, -0.2) is 9.37 Å². The molecule has 3 amide bonds. The van der Waals surface area contributed by atoms with Gasteiger partial charge in [-0.05, 0) is 110 Å². The second-order valence-corrected chi connectivity index (χ2v) is 13.9. The number of likely N-dealkylation sites (tertiary alicyclic amines) is 1. The molecule has 1 aromatic heterocycles. The second kappa shape index (κ2) is 14.4. The molecule has 2 heterocycles. The van der Waals surface area contributed by atoms with Crippen molar-refractivity contribution >= 4 is 17.7 Å². The average molecular weight is 691 g/mol. The highest BCUT2D eigenvalue weighted by Gasteiger charge is 2.45. The number of carbonyl (C=O) groups excluding carboxylic acids is 3. The second-order valence-electron chi connectivity index (χ2n) is 13.9. The Morgan fingerprint density at radius 2 is 1.57 bits per heavy atom. The molecule has 0 spiro atoms. The number of aromatic nitrogens is 3. The first-order valence-electron chi connectivity index (χ1n) is 17.2. The van der Waals surface area contributed by atoms with E-state index in [1.54, 1.807) is 55.0 Å². The molecule has 1 aliphatic carbocycles. The molecular weight excluding hydrogens is 647 g/mol. The number of H-pyrrole nitrogens is 1. The summed E-state index contributed by atoms with van der Waals surface area (Å²) < 4.78 is 13.9. The van der Waals surface area contributed by atoms with Crippen LogP contribution in [0.15, 0.2) is 60.7 Å². The third-order valence-corrected chi connectivity index (χ3v) is 10.0. The van der Waals surface area contributed by atoms with E-state index in [9.17, 15) is 24.0 Å². The number of aromatic amines is 1. The summed E-state index contributed by atoms with van der Waals surface area (Å²) in [5, 5.41) is 20.9. The molecule has 0 bridgehead atoms. The molecule has 1 saturated heterocycles. The first-order chi connectivity index (χ1) is 24.4. The molecule has 1 aliphatic heterocycles. The van der Waals surface area contributed by atoms with Crippen molar-refractivity contribution in [3.63, 3.8) is 0 Å². The number of nitrogens with zero attached hydrogens (tertiary/aromatic N) is 6. The van der Waals surface area contributed by atoms with E-state index in [1.807, 2.05) is 43.3 Å². The highest BCUT2D eigenvalue weighted by Crippen LogP contribution is 2.47. The van der Waals surface area contributed by atoms with Crippen molar-refractivity contribution in [3.05, 3.63) is 106 Å². The number of fused-ring (bicyclic) bond motifs is 2. The maximum absolute atomic E-state index is 13.9. The highest BCUT2D eigenvalue weighted by molar-refractivity contribution is 5.95. The Labute approximate surface area is 297 Å². The Morgan fingerprint density at radius 1 is 0.980 bits per heavy atom. The van der Waals surface area contributed by atoms with Gasteiger partial charge in [-0.1, -0.05) is 12.1 Å². The number of aryl methyl sites for hydroxylation is 2. The number of hydrogen-bond donors (Lipinski definition) is 2. The van der Waals surface area contributed by atoms with E-state index in [1.165, 1.54) is 12.1 Å². The standard InChI is InChI=1S/C39H43FN8O3/c1-24(42-23-34(49)48-18-6-7-31(48)22-41)21-39(38-43-35(44-45-38)25-10-14-30(40)15-11-25)32-16-12-28(36(50)46(2)3)19-26(32)8-9-27-20-29(13-17-33(27)39)37(51)47(4)5/h10-17,19-20,24,31,42H,6-9,18,21,23H2,1-5H3,(H,43,44,45)/t24-,31?/m1/s1. The zero-order chi connectivity index (χ0) is 36.4. The van der Waals surface area contributed by atoms with Gasteiger partial charge in [0.2, 0.25) is 5.91 Å². The molecule has 1 unspecified atom stereocenters. The SMILES string of the molecule is C[C@H](CC1(c2nc(-c3ccc(F)cc3)n[nH]2)c2ccc(C(=O)N(C)C)cc2CCc2cc(C(=O)N(C)C)ccc21)NCC(=O)N1CCCC1C#N. The number of nitriles is 1. The molecule has 2 N–H and O–H groups in total. The Hall–Kier alpha value is -5.41. The fourth-order valence-corrected chi connectivity index (χ4v) is 7.48. The number of amides is 3. The smallest absolute Gasteiger partial charge is 0.253 e. The van der Waals surface area contributed by atoms with Gasteiger partial charge in [0.25, 0.3) is 11.8 Å². The van der Waals surface area contributed by atoms with E-state index >= 15 is 0 Å². The third-order valence-electron chi connectivity index (χ3n) is 10.0. The van der Waals surface area contributed by atoms with Crippen LogP contribution in [0.5, 0.6) is 0 Å². The molecule has 0 saturated carbocycles. The van der Waals surface area contributed by atoms with Crippen LogP contribution < -0.4 is 5.32 Å². The summed E-state index contributed by atoms with van der Waals surface area (Å²) in [5.41, 5.74) is 4.53. The minimum atomic E-state index is -0.982. The molecule has 3 aromatic carbocycles. The van der Waals surface area contributed by atoms with Gasteiger partial charge in [0, 0.05) is 57.5 Å². The predicted octanol–water partition coefficient (Wildman–Crippen LogP) is 4.33. The normalized spacial score (nSPS) is 16.7. The molecule has 12 heteroatoms. The zero-order valence-electron chi connectivity index (χ0n) is 29.7. The lowest BCUT2D eigenvalue weighted by Crippen LogP contribution is -2.45. The molecule has 264 valence electrons. The molecule has 1 fully saturated rings.